The van der Waals surface area contributed by atoms with Crippen LogP contribution in [-0.4, -0.2) is 32.9 Å². The molecular formula is C53H97BrO3Si. The molecule has 0 aromatic heterocycles. The maximum Gasteiger partial charge on any atom is 0.333 e. The topological polar surface area (TPSA) is 27.7 Å². The van der Waals surface area contributed by atoms with Crippen molar-refractivity contribution in [3.05, 3.63) is 23.8 Å². The fourth-order valence-corrected chi connectivity index (χ4v) is 14.6. The van der Waals surface area contributed by atoms with Crippen LogP contribution in [0.15, 0.2) is 23.8 Å². The van der Waals surface area contributed by atoms with Crippen LogP contribution in [0.1, 0.15) is 228 Å². The minimum absolute atomic E-state index is 0.139. The summed E-state index contributed by atoms with van der Waals surface area (Å²) in [7, 11) is -2.30. The largest absolute Gasteiger partial charge is 0.394 e. The Kier molecular flexibility index (Phi) is 23.3. The van der Waals surface area contributed by atoms with Crippen molar-refractivity contribution in [2.45, 2.75) is 253 Å². The molecule has 0 heterocycles. The second kappa shape index (κ2) is 26.6. The van der Waals surface area contributed by atoms with E-state index in [1.165, 1.54) is 167 Å². The number of unbranched alkanes of at least 4 members (excludes halogenated alkanes) is 14. The Bertz CT molecular complexity index is 1170. The van der Waals surface area contributed by atoms with Gasteiger partial charge in [-0.05, 0) is 162 Å². The monoisotopic (exact) mass is 889 g/mol. The first-order chi connectivity index (χ1) is 27.9. The second-order valence-electron chi connectivity index (χ2n) is 21.6. The van der Waals surface area contributed by atoms with Crippen LogP contribution in [-0.2, 0) is 13.6 Å². The van der Waals surface area contributed by atoms with Gasteiger partial charge in [-0.2, -0.15) is 0 Å². The van der Waals surface area contributed by atoms with E-state index in [2.05, 4.69) is 88.8 Å². The zero-order chi connectivity index (χ0) is 41.9. The van der Waals surface area contributed by atoms with Crippen molar-refractivity contribution in [2.75, 3.05) is 11.9 Å². The lowest BCUT2D eigenvalue weighted by Crippen LogP contribution is -2.51. The number of ether oxygens (including phenoxy) is 1. The van der Waals surface area contributed by atoms with Gasteiger partial charge in [0.05, 0.1) is 6.10 Å². The smallest absolute Gasteiger partial charge is 0.333 e. The second-order valence-corrected chi connectivity index (χ2v) is 25.7. The zero-order valence-electron chi connectivity index (χ0n) is 39.9. The number of hydrogen-bond acceptors (Lipinski definition) is 3. The van der Waals surface area contributed by atoms with Gasteiger partial charge < -0.3 is 13.6 Å². The van der Waals surface area contributed by atoms with Crippen molar-refractivity contribution in [3.63, 3.8) is 0 Å². The molecule has 0 amide bonds. The predicted molar refractivity (Wildman–Crippen MR) is 258 cm³/mol. The van der Waals surface area contributed by atoms with Crippen molar-refractivity contribution in [3.8, 4) is 0 Å². The molecule has 0 bridgehead atoms. The maximum absolute atomic E-state index is 7.09. The van der Waals surface area contributed by atoms with E-state index >= 15 is 0 Å². The third-order valence-electron chi connectivity index (χ3n) is 16.2. The molecule has 0 aromatic rings. The van der Waals surface area contributed by atoms with Gasteiger partial charge in [-0.1, -0.05) is 165 Å². The minimum Gasteiger partial charge on any atom is -0.394 e. The normalized spacial score (nSPS) is 29.7. The summed E-state index contributed by atoms with van der Waals surface area (Å²) in [4.78, 5) is 0. The summed E-state index contributed by atoms with van der Waals surface area (Å²) < 4.78 is 20.5. The summed E-state index contributed by atoms with van der Waals surface area (Å²) >= 11 is 3.58. The van der Waals surface area contributed by atoms with Gasteiger partial charge in [0.25, 0.3) is 0 Å². The first kappa shape index (κ1) is 50.7. The van der Waals surface area contributed by atoms with Crippen LogP contribution in [0.5, 0.6) is 0 Å². The molecule has 4 aliphatic carbocycles. The van der Waals surface area contributed by atoms with Gasteiger partial charge in [-0.25, -0.2) is 0 Å². The summed E-state index contributed by atoms with van der Waals surface area (Å²) in [5.41, 5.74) is 2.65. The van der Waals surface area contributed by atoms with Crippen LogP contribution in [0.4, 0.5) is 0 Å². The van der Waals surface area contributed by atoms with E-state index in [-0.39, 0.29) is 12.4 Å². The van der Waals surface area contributed by atoms with Crippen molar-refractivity contribution < 1.29 is 13.6 Å². The molecule has 0 radical (unpaired) electrons. The quantitative estimate of drug-likeness (QED) is 0.0228. The molecule has 9 unspecified atom stereocenters. The molecule has 5 heteroatoms. The first-order valence-corrected chi connectivity index (χ1v) is 29.7. The van der Waals surface area contributed by atoms with Gasteiger partial charge in [-0.3, -0.25) is 0 Å². The molecule has 0 aromatic carbocycles. The lowest BCUT2D eigenvalue weighted by atomic mass is 9.47. The van der Waals surface area contributed by atoms with E-state index in [0.717, 1.165) is 66.7 Å². The van der Waals surface area contributed by atoms with Crippen LogP contribution >= 0.6 is 15.9 Å². The fraction of sp³-hybridized carbons (Fsp3) is 0.925. The Morgan fingerprint density at radius 2 is 1.41 bits per heavy atom. The van der Waals surface area contributed by atoms with Crippen LogP contribution < -0.4 is 0 Å². The van der Waals surface area contributed by atoms with Gasteiger partial charge in [0.2, 0.25) is 0 Å². The Morgan fingerprint density at radius 3 is 2.12 bits per heavy atom. The summed E-state index contributed by atoms with van der Waals surface area (Å²) in [6, 6.07) is 0. The first-order valence-electron chi connectivity index (χ1n) is 25.8. The molecule has 0 saturated heterocycles. The highest BCUT2D eigenvalue weighted by Gasteiger charge is 2.59. The number of fused-ring (bicyclic) bond motifs is 5. The minimum atomic E-state index is -2.30. The highest BCUT2D eigenvalue weighted by atomic mass is 79.9. The lowest BCUT2D eigenvalue weighted by molar-refractivity contribution is -0.150. The van der Waals surface area contributed by atoms with E-state index in [9.17, 15) is 0 Å². The van der Waals surface area contributed by atoms with Gasteiger partial charge in [-0.15, -0.1) is 0 Å². The molecule has 4 rings (SSSR count). The number of rotatable bonds is 31. The lowest BCUT2D eigenvalue weighted by Gasteiger charge is -2.58. The van der Waals surface area contributed by atoms with Crippen LogP contribution in [0.25, 0.3) is 0 Å². The molecule has 0 N–H and O–H groups in total. The van der Waals surface area contributed by atoms with Crippen LogP contribution in [0, 0.1) is 46.3 Å². The summed E-state index contributed by atoms with van der Waals surface area (Å²) in [5.74, 6) is 5.33. The molecule has 0 spiro atoms. The maximum atomic E-state index is 7.09. The number of allylic oxidation sites excluding steroid dienone is 3. The van der Waals surface area contributed by atoms with Crippen molar-refractivity contribution >= 4 is 24.5 Å². The Balaban J connectivity index is 1.27. The van der Waals surface area contributed by atoms with Gasteiger partial charge in [0.15, 0.2) is 0 Å². The van der Waals surface area contributed by atoms with E-state index in [1.54, 1.807) is 5.57 Å². The SMILES string of the molecule is CCCCCCCC/C=C\CCCCCCCC(OC1CCC2(C)C(=CCC3C2CCC2(C)C(C(C)CCCC(C)C)CCC32)C1)O[Si](C)(C)OCCCCCCBr. The Hall–Kier alpha value is 0.0569. The molecule has 9 atom stereocenters. The average molecular weight is 890 g/mol. The third-order valence-corrected chi connectivity index (χ3v) is 18.5. The van der Waals surface area contributed by atoms with Crippen molar-refractivity contribution in [1.82, 2.24) is 0 Å². The van der Waals surface area contributed by atoms with E-state index in [1.807, 2.05) is 0 Å². The van der Waals surface area contributed by atoms with Crippen LogP contribution in [0.3, 0.4) is 0 Å². The van der Waals surface area contributed by atoms with Gasteiger partial charge in [0, 0.05) is 11.9 Å². The summed E-state index contributed by atoms with van der Waals surface area (Å²) in [6.45, 7) is 20.4. The van der Waals surface area contributed by atoms with E-state index in [4.69, 9.17) is 13.6 Å². The van der Waals surface area contributed by atoms with E-state index in [0.29, 0.717) is 10.8 Å². The molecule has 4 aliphatic rings. The Labute approximate surface area is 371 Å². The highest BCUT2D eigenvalue weighted by Crippen LogP contribution is 2.67. The van der Waals surface area contributed by atoms with Gasteiger partial charge in [0.1, 0.15) is 6.29 Å². The predicted octanol–water partition coefficient (Wildman–Crippen LogP) is 17.5. The molecule has 338 valence electrons. The number of alkyl halides is 1. The van der Waals surface area contributed by atoms with Crippen LogP contribution in [0.2, 0.25) is 13.1 Å². The molecule has 0 aliphatic heterocycles. The van der Waals surface area contributed by atoms with Crippen molar-refractivity contribution in [2.24, 2.45) is 46.3 Å². The Morgan fingerprint density at radius 1 is 0.741 bits per heavy atom. The zero-order valence-corrected chi connectivity index (χ0v) is 42.5. The summed E-state index contributed by atoms with van der Waals surface area (Å²) in [5, 5.41) is 1.10. The third kappa shape index (κ3) is 16.0. The number of halogens is 1. The number of hydrogen-bond donors (Lipinski definition) is 0. The molecule has 3 saturated carbocycles. The summed E-state index contributed by atoms with van der Waals surface area (Å²) in [6.07, 6.45) is 46.0. The highest BCUT2D eigenvalue weighted by molar-refractivity contribution is 9.09. The average Bonchev–Trinajstić information content (AvgIpc) is 3.55. The fourth-order valence-electron chi connectivity index (χ4n) is 12.7. The standard InChI is InChI=1S/C53H97BrO3Si/c1-9-10-11-12-13-14-15-16-17-18-19-20-21-22-25-31-51(57-58(7,8)55-41-27-24-23-26-40-54)56-46-36-38-52(5)45(42-46)32-33-47-49-35-34-48(44(4)30-28-29-43(2)3)53(49,6)39-37-50(47)52/h16-17,32,43-44,46-51H,9-15,18-31,33-42H2,1-8H3/b17-16-. The molecule has 58 heavy (non-hydrogen) atoms. The van der Waals surface area contributed by atoms with Gasteiger partial charge >= 0.3 is 8.56 Å². The molecule has 3 fully saturated rings. The molecular weight excluding hydrogens is 793 g/mol. The van der Waals surface area contributed by atoms with E-state index < -0.39 is 8.56 Å². The molecule has 3 nitrogen and oxygen atoms in total. The van der Waals surface area contributed by atoms with Crippen molar-refractivity contribution in [1.29, 1.82) is 0 Å².